The molecule has 19 heavy (non-hydrogen) atoms. The Morgan fingerprint density at radius 2 is 2.26 bits per heavy atom. The Morgan fingerprint density at radius 3 is 2.89 bits per heavy atom. The van der Waals surface area contributed by atoms with Crippen LogP contribution in [0.25, 0.3) is 0 Å². The van der Waals surface area contributed by atoms with Crippen LogP contribution in [-0.4, -0.2) is 28.9 Å². The molecular formula is C14H21N3O2. The van der Waals surface area contributed by atoms with Gasteiger partial charge in [-0.15, -0.1) is 0 Å². The molecule has 1 heterocycles. The molecule has 1 aromatic heterocycles. The summed E-state index contributed by atoms with van der Waals surface area (Å²) in [7, 11) is 0. The molecule has 3 aliphatic rings. The maximum atomic E-state index is 5.85. The minimum Gasteiger partial charge on any atom is -0.378 e. The molecule has 5 heteroatoms. The van der Waals surface area contributed by atoms with E-state index in [1.165, 1.54) is 32.1 Å². The van der Waals surface area contributed by atoms with Crippen molar-refractivity contribution < 1.29 is 9.26 Å². The van der Waals surface area contributed by atoms with Gasteiger partial charge in [-0.3, -0.25) is 0 Å². The summed E-state index contributed by atoms with van der Waals surface area (Å²) >= 11 is 0. The SMILES string of the molecule is CCO[C@H]1C[C@@H](Nc2nc(C3CC3)no2)C12CCC2. The van der Waals surface area contributed by atoms with Crippen molar-refractivity contribution in [1.29, 1.82) is 0 Å². The summed E-state index contributed by atoms with van der Waals surface area (Å²) in [4.78, 5) is 4.46. The smallest absolute Gasteiger partial charge is 0.321 e. The Kier molecular flexibility index (Phi) is 2.59. The maximum Gasteiger partial charge on any atom is 0.321 e. The van der Waals surface area contributed by atoms with E-state index in [0.29, 0.717) is 29.5 Å². The maximum absolute atomic E-state index is 5.85. The fourth-order valence-electron chi connectivity index (χ4n) is 3.59. The molecule has 0 radical (unpaired) electrons. The summed E-state index contributed by atoms with van der Waals surface area (Å²) in [5, 5.41) is 7.50. The average molecular weight is 263 g/mol. The lowest BCUT2D eigenvalue weighted by atomic mass is 9.51. The van der Waals surface area contributed by atoms with Crippen LogP contribution in [0.1, 0.15) is 57.2 Å². The second-order valence-corrected chi connectivity index (χ2v) is 6.20. The number of hydrogen-bond donors (Lipinski definition) is 1. The van der Waals surface area contributed by atoms with Gasteiger partial charge >= 0.3 is 6.01 Å². The molecule has 1 spiro atoms. The van der Waals surface area contributed by atoms with Gasteiger partial charge in [-0.1, -0.05) is 11.6 Å². The Bertz CT molecular complexity index is 465. The first-order valence-corrected chi connectivity index (χ1v) is 7.53. The second-order valence-electron chi connectivity index (χ2n) is 6.20. The molecule has 0 aliphatic heterocycles. The normalized spacial score (nSPS) is 31.8. The molecule has 5 nitrogen and oxygen atoms in total. The molecule has 4 rings (SSSR count). The predicted octanol–water partition coefficient (Wildman–Crippen LogP) is 2.71. The number of aromatic nitrogens is 2. The van der Waals surface area contributed by atoms with E-state index in [1.54, 1.807) is 0 Å². The topological polar surface area (TPSA) is 60.2 Å². The van der Waals surface area contributed by atoms with Crippen LogP contribution in [0.5, 0.6) is 0 Å². The molecule has 104 valence electrons. The van der Waals surface area contributed by atoms with Crippen LogP contribution in [0, 0.1) is 5.41 Å². The number of nitrogens with zero attached hydrogens (tertiary/aromatic N) is 2. The molecule has 1 aromatic rings. The van der Waals surface area contributed by atoms with Crippen molar-refractivity contribution in [1.82, 2.24) is 10.1 Å². The molecule has 0 saturated heterocycles. The van der Waals surface area contributed by atoms with Crippen molar-refractivity contribution in [2.75, 3.05) is 11.9 Å². The van der Waals surface area contributed by atoms with E-state index in [1.807, 2.05) is 0 Å². The molecule has 2 atom stereocenters. The fraction of sp³-hybridized carbons (Fsp3) is 0.857. The minimum absolute atomic E-state index is 0.338. The fourth-order valence-corrected chi connectivity index (χ4v) is 3.59. The Hall–Kier alpha value is -1.10. The summed E-state index contributed by atoms with van der Waals surface area (Å²) in [5.41, 5.74) is 0.338. The largest absolute Gasteiger partial charge is 0.378 e. The van der Waals surface area contributed by atoms with Crippen LogP contribution in [0.15, 0.2) is 4.52 Å². The first-order valence-electron chi connectivity index (χ1n) is 7.53. The summed E-state index contributed by atoms with van der Waals surface area (Å²) in [6.45, 7) is 2.89. The molecule has 3 saturated carbocycles. The highest BCUT2D eigenvalue weighted by atomic mass is 16.5. The molecule has 1 N–H and O–H groups in total. The zero-order valence-corrected chi connectivity index (χ0v) is 11.4. The summed E-state index contributed by atoms with van der Waals surface area (Å²) in [5.74, 6) is 1.43. The van der Waals surface area contributed by atoms with Gasteiger partial charge in [-0.25, -0.2) is 0 Å². The lowest BCUT2D eigenvalue weighted by molar-refractivity contribution is -0.158. The van der Waals surface area contributed by atoms with Gasteiger partial charge in [0.15, 0.2) is 5.82 Å². The number of hydrogen-bond acceptors (Lipinski definition) is 5. The van der Waals surface area contributed by atoms with Gasteiger partial charge in [0, 0.05) is 24.0 Å². The van der Waals surface area contributed by atoms with Crippen LogP contribution >= 0.6 is 0 Å². The van der Waals surface area contributed by atoms with Crippen LogP contribution in [0.2, 0.25) is 0 Å². The van der Waals surface area contributed by atoms with E-state index in [9.17, 15) is 0 Å². The summed E-state index contributed by atoms with van der Waals surface area (Å²) < 4.78 is 11.2. The van der Waals surface area contributed by atoms with Crippen LogP contribution in [0.3, 0.4) is 0 Å². The summed E-state index contributed by atoms with van der Waals surface area (Å²) in [6, 6.07) is 1.05. The average Bonchev–Trinajstić information content (AvgIpc) is 3.06. The highest BCUT2D eigenvalue weighted by Gasteiger charge is 2.59. The Labute approximate surface area is 113 Å². The van der Waals surface area contributed by atoms with E-state index in [2.05, 4.69) is 22.4 Å². The first kappa shape index (κ1) is 11.7. The lowest BCUT2D eigenvalue weighted by Crippen LogP contribution is -2.64. The number of rotatable bonds is 5. The molecule has 0 amide bonds. The zero-order valence-electron chi connectivity index (χ0n) is 11.4. The first-order chi connectivity index (χ1) is 9.32. The third kappa shape index (κ3) is 1.78. The molecule has 0 bridgehead atoms. The monoisotopic (exact) mass is 263 g/mol. The van der Waals surface area contributed by atoms with Crippen molar-refractivity contribution in [2.45, 2.75) is 63.5 Å². The van der Waals surface area contributed by atoms with Crippen LogP contribution in [0.4, 0.5) is 6.01 Å². The van der Waals surface area contributed by atoms with Gasteiger partial charge in [0.05, 0.1) is 6.10 Å². The highest BCUT2D eigenvalue weighted by molar-refractivity contribution is 5.29. The van der Waals surface area contributed by atoms with Crippen molar-refractivity contribution in [3.05, 3.63) is 5.82 Å². The lowest BCUT2D eigenvalue weighted by Gasteiger charge is -2.60. The Balaban J connectivity index is 1.42. The van der Waals surface area contributed by atoms with Gasteiger partial charge in [0.25, 0.3) is 0 Å². The number of nitrogens with one attached hydrogen (secondary N) is 1. The number of anilines is 1. The van der Waals surface area contributed by atoms with Gasteiger partial charge in [-0.05, 0) is 39.0 Å². The highest BCUT2D eigenvalue weighted by Crippen LogP contribution is 2.58. The summed E-state index contributed by atoms with van der Waals surface area (Å²) in [6.07, 6.45) is 7.75. The van der Waals surface area contributed by atoms with Gasteiger partial charge in [0.2, 0.25) is 0 Å². The molecule has 3 aliphatic carbocycles. The van der Waals surface area contributed by atoms with Crippen LogP contribution in [-0.2, 0) is 4.74 Å². The van der Waals surface area contributed by atoms with Crippen molar-refractivity contribution in [2.24, 2.45) is 5.41 Å². The molecule has 0 unspecified atom stereocenters. The van der Waals surface area contributed by atoms with Gasteiger partial charge < -0.3 is 14.6 Å². The second kappa shape index (κ2) is 4.20. The van der Waals surface area contributed by atoms with Crippen molar-refractivity contribution in [3.63, 3.8) is 0 Å². The molecular weight excluding hydrogens is 242 g/mol. The minimum atomic E-state index is 0.338. The van der Waals surface area contributed by atoms with E-state index in [0.717, 1.165) is 18.9 Å². The third-order valence-electron chi connectivity index (χ3n) is 5.12. The van der Waals surface area contributed by atoms with E-state index < -0.39 is 0 Å². The predicted molar refractivity (Wildman–Crippen MR) is 70.0 cm³/mol. The molecule has 0 aromatic carbocycles. The van der Waals surface area contributed by atoms with Crippen LogP contribution < -0.4 is 5.32 Å². The number of ether oxygens (including phenoxy) is 1. The Morgan fingerprint density at radius 1 is 1.42 bits per heavy atom. The van der Waals surface area contributed by atoms with E-state index >= 15 is 0 Å². The van der Waals surface area contributed by atoms with E-state index in [-0.39, 0.29) is 0 Å². The molecule has 3 fully saturated rings. The van der Waals surface area contributed by atoms with E-state index in [4.69, 9.17) is 9.26 Å². The zero-order chi connectivity index (χ0) is 12.9. The standard InChI is InChI=1S/C14H21N3O2/c1-2-18-11-8-10(14(11)6-3-7-14)15-13-16-12(17-19-13)9-4-5-9/h9-11H,2-8H2,1H3,(H,15,16,17)/t10-,11+/m1/s1. The third-order valence-corrected chi connectivity index (χ3v) is 5.12. The van der Waals surface area contributed by atoms with Crippen molar-refractivity contribution in [3.8, 4) is 0 Å². The van der Waals surface area contributed by atoms with Crippen molar-refractivity contribution >= 4 is 6.01 Å². The van der Waals surface area contributed by atoms with Gasteiger partial charge in [0.1, 0.15) is 0 Å². The van der Waals surface area contributed by atoms with Gasteiger partial charge in [-0.2, -0.15) is 4.98 Å². The quantitative estimate of drug-likeness (QED) is 0.885.